The maximum atomic E-state index is 14.4. The number of fused-ring (bicyclic) bond motifs is 1. The average molecular weight is 656 g/mol. The largest absolute Gasteiger partial charge is 0.497 e. The molecule has 8 nitrogen and oxygen atoms in total. The van der Waals surface area contributed by atoms with E-state index >= 15 is 0 Å². The molecule has 2 aromatic heterocycles. The molecule has 1 atom stereocenters. The van der Waals surface area contributed by atoms with Crippen molar-refractivity contribution in [1.82, 2.24) is 24.3 Å². The van der Waals surface area contributed by atoms with Crippen LogP contribution in [0.5, 0.6) is 5.75 Å². The average Bonchev–Trinajstić information content (AvgIpc) is 3.51. The highest BCUT2D eigenvalue weighted by Gasteiger charge is 2.44. The van der Waals surface area contributed by atoms with Crippen LogP contribution in [0.15, 0.2) is 103 Å². The Balaban J connectivity index is 1.04. The number of likely N-dealkylation sites (tertiary alicyclic amines) is 2. The van der Waals surface area contributed by atoms with Crippen molar-refractivity contribution < 1.29 is 14.3 Å². The van der Waals surface area contributed by atoms with Gasteiger partial charge in [-0.2, -0.15) is 0 Å². The van der Waals surface area contributed by atoms with Crippen LogP contribution in [0.4, 0.5) is 0 Å². The molecule has 0 bridgehead atoms. The predicted octanol–water partition coefficient (Wildman–Crippen LogP) is 6.82. The summed E-state index contributed by atoms with van der Waals surface area (Å²) in [6.07, 6.45) is 6.73. The number of carbonyl (C=O) groups excluding carboxylic acids is 2. The van der Waals surface area contributed by atoms with Crippen molar-refractivity contribution >= 4 is 22.7 Å². The predicted molar refractivity (Wildman–Crippen MR) is 191 cm³/mol. The molecule has 252 valence electrons. The second kappa shape index (κ2) is 14.7. The number of ether oxygens (including phenoxy) is 1. The van der Waals surface area contributed by atoms with Gasteiger partial charge in [0.2, 0.25) is 11.7 Å². The zero-order valence-electron chi connectivity index (χ0n) is 28.3. The topological polar surface area (TPSA) is 80.6 Å². The lowest BCUT2D eigenvalue weighted by Crippen LogP contribution is -2.51. The molecule has 2 aliphatic rings. The van der Waals surface area contributed by atoms with Crippen LogP contribution in [0.25, 0.3) is 11.0 Å². The Morgan fingerprint density at radius 1 is 0.857 bits per heavy atom. The number of methoxy groups -OCH3 is 1. The van der Waals surface area contributed by atoms with E-state index in [-0.39, 0.29) is 17.6 Å². The highest BCUT2D eigenvalue weighted by molar-refractivity contribution is 5.98. The number of carbonyl (C=O) groups is 2. The highest BCUT2D eigenvalue weighted by atomic mass is 16.5. The molecule has 0 saturated carbocycles. The Morgan fingerprint density at radius 2 is 1.61 bits per heavy atom. The van der Waals surface area contributed by atoms with Crippen molar-refractivity contribution in [2.24, 2.45) is 11.3 Å². The van der Waals surface area contributed by atoms with E-state index in [1.165, 1.54) is 0 Å². The van der Waals surface area contributed by atoms with Crippen LogP contribution < -0.4 is 4.74 Å². The van der Waals surface area contributed by atoms with Crippen LogP contribution in [0.2, 0.25) is 0 Å². The van der Waals surface area contributed by atoms with Crippen LogP contribution in [0, 0.1) is 11.3 Å². The smallest absolute Gasteiger partial charge is 0.229 e. The van der Waals surface area contributed by atoms with E-state index in [9.17, 15) is 9.59 Å². The first-order valence-electron chi connectivity index (χ1n) is 17.6. The summed E-state index contributed by atoms with van der Waals surface area (Å²) in [6, 6.07) is 32.3. The number of imidazole rings is 1. The number of rotatable bonds is 12. The second-order valence-corrected chi connectivity index (χ2v) is 13.7. The van der Waals surface area contributed by atoms with Gasteiger partial charge in [0.15, 0.2) is 5.82 Å². The molecule has 2 saturated heterocycles. The maximum absolute atomic E-state index is 14.4. The third-order valence-electron chi connectivity index (χ3n) is 10.5. The normalized spacial score (nSPS) is 19.0. The lowest BCUT2D eigenvalue weighted by atomic mass is 9.71. The lowest BCUT2D eigenvalue weighted by Gasteiger charge is -2.43. The Bertz CT molecular complexity index is 1870. The van der Waals surface area contributed by atoms with E-state index in [1.54, 1.807) is 13.3 Å². The third-order valence-corrected chi connectivity index (χ3v) is 10.5. The van der Waals surface area contributed by atoms with Gasteiger partial charge in [-0.05, 0) is 106 Å². The fourth-order valence-electron chi connectivity index (χ4n) is 7.78. The first kappa shape index (κ1) is 32.7. The van der Waals surface area contributed by atoms with E-state index in [1.807, 2.05) is 77.4 Å². The molecule has 0 radical (unpaired) electrons. The van der Waals surface area contributed by atoms with E-state index in [0.29, 0.717) is 25.3 Å². The summed E-state index contributed by atoms with van der Waals surface area (Å²) >= 11 is 0. The molecule has 0 N–H and O–H groups in total. The SMILES string of the molecule is COc1ccc(CC2(CCN3CCC(C(=O)c4nc5ccccc5n4Cc4ccccn4)CC3)CCCN(Cc3ccccc3)C2=O)cc1. The van der Waals surface area contributed by atoms with Gasteiger partial charge >= 0.3 is 0 Å². The number of pyridine rings is 1. The lowest BCUT2D eigenvalue weighted by molar-refractivity contribution is -0.148. The van der Waals surface area contributed by atoms with E-state index in [4.69, 9.17) is 9.72 Å². The first-order valence-corrected chi connectivity index (χ1v) is 17.6. The molecular weight excluding hydrogens is 610 g/mol. The summed E-state index contributed by atoms with van der Waals surface area (Å²) in [5, 5.41) is 0. The van der Waals surface area contributed by atoms with Crippen molar-refractivity contribution in [3.05, 3.63) is 126 Å². The molecule has 2 fully saturated rings. The fraction of sp³-hybridized carbons (Fsp3) is 0.366. The Labute approximate surface area is 288 Å². The van der Waals surface area contributed by atoms with Gasteiger partial charge in [-0.1, -0.05) is 60.7 Å². The van der Waals surface area contributed by atoms with E-state index < -0.39 is 5.41 Å². The molecule has 3 aromatic carbocycles. The molecule has 0 spiro atoms. The molecule has 7 rings (SSSR count). The van der Waals surface area contributed by atoms with Gasteiger partial charge in [-0.3, -0.25) is 14.6 Å². The van der Waals surface area contributed by atoms with Crippen molar-refractivity contribution in [2.75, 3.05) is 33.3 Å². The van der Waals surface area contributed by atoms with Gasteiger partial charge in [-0.25, -0.2) is 4.98 Å². The van der Waals surface area contributed by atoms with Crippen LogP contribution in [0.3, 0.4) is 0 Å². The number of piperidine rings is 2. The van der Waals surface area contributed by atoms with Gasteiger partial charge in [0.05, 0.1) is 35.8 Å². The number of aromatic nitrogens is 3. The third kappa shape index (κ3) is 7.30. The number of benzene rings is 3. The molecule has 8 heteroatoms. The van der Waals surface area contributed by atoms with Crippen LogP contribution in [-0.2, 0) is 24.3 Å². The highest BCUT2D eigenvalue weighted by Crippen LogP contribution is 2.40. The van der Waals surface area contributed by atoms with Gasteiger partial charge in [0, 0.05) is 25.2 Å². The van der Waals surface area contributed by atoms with Crippen LogP contribution in [0.1, 0.15) is 59.5 Å². The minimum Gasteiger partial charge on any atom is -0.497 e. The van der Waals surface area contributed by atoms with E-state index in [0.717, 1.165) is 91.9 Å². The summed E-state index contributed by atoms with van der Waals surface area (Å²) < 4.78 is 7.44. The number of hydrogen-bond acceptors (Lipinski definition) is 6. The number of ketones is 1. The van der Waals surface area contributed by atoms with Crippen molar-refractivity contribution in [1.29, 1.82) is 0 Å². The molecular formula is C41H45N5O3. The summed E-state index contributed by atoms with van der Waals surface area (Å²) in [5.41, 5.74) is 4.54. The van der Waals surface area contributed by atoms with Gasteiger partial charge in [0.25, 0.3) is 0 Å². The number of para-hydroxylation sites is 2. The summed E-state index contributed by atoms with van der Waals surface area (Å²) in [7, 11) is 1.68. The quantitative estimate of drug-likeness (QED) is 0.137. The Kier molecular flexibility index (Phi) is 9.84. The number of amides is 1. The van der Waals surface area contributed by atoms with Crippen LogP contribution in [-0.4, -0.2) is 69.3 Å². The molecule has 0 aliphatic carbocycles. The Morgan fingerprint density at radius 3 is 2.37 bits per heavy atom. The standard InChI is InChI=1S/C41H45N5O3/c1-49-35-17-15-31(16-18-35)28-41(21-9-24-45(40(41)48)29-32-10-3-2-4-11-32)22-27-44-25-19-33(20-26-44)38(47)39-43-36-13-5-6-14-37(36)46(39)30-34-12-7-8-23-42-34/h2-8,10-18,23,33H,9,19-22,24-30H2,1H3. The zero-order valence-corrected chi connectivity index (χ0v) is 28.3. The van der Waals surface area contributed by atoms with Crippen molar-refractivity contribution in [3.63, 3.8) is 0 Å². The molecule has 4 heterocycles. The molecule has 49 heavy (non-hydrogen) atoms. The molecule has 2 aliphatic heterocycles. The molecule has 1 unspecified atom stereocenters. The molecule has 5 aromatic rings. The van der Waals surface area contributed by atoms with Crippen molar-refractivity contribution in [2.45, 2.75) is 51.6 Å². The van der Waals surface area contributed by atoms with Crippen LogP contribution >= 0.6 is 0 Å². The van der Waals surface area contributed by atoms with Gasteiger partial charge < -0.3 is 19.1 Å². The number of Topliss-reactive ketones (excluding diaryl/α,β-unsaturated/α-hetero) is 1. The summed E-state index contributed by atoms with van der Waals surface area (Å²) in [6.45, 7) is 4.43. The minimum atomic E-state index is -0.468. The summed E-state index contributed by atoms with van der Waals surface area (Å²) in [4.78, 5) is 42.3. The number of hydrogen-bond donors (Lipinski definition) is 0. The minimum absolute atomic E-state index is 0.0820. The van der Waals surface area contributed by atoms with Gasteiger partial charge in [0.1, 0.15) is 5.75 Å². The first-order chi connectivity index (χ1) is 24.0. The monoisotopic (exact) mass is 655 g/mol. The maximum Gasteiger partial charge on any atom is 0.229 e. The summed E-state index contributed by atoms with van der Waals surface area (Å²) in [5.74, 6) is 1.64. The molecule has 1 amide bonds. The fourth-order valence-corrected chi connectivity index (χ4v) is 7.78. The van der Waals surface area contributed by atoms with E-state index in [2.05, 4.69) is 39.0 Å². The second-order valence-electron chi connectivity index (χ2n) is 13.7. The Hall–Kier alpha value is -4.82. The van der Waals surface area contributed by atoms with Gasteiger partial charge in [-0.15, -0.1) is 0 Å². The number of nitrogens with zero attached hydrogens (tertiary/aromatic N) is 5. The zero-order chi connectivity index (χ0) is 33.6. The van der Waals surface area contributed by atoms with Crippen molar-refractivity contribution in [3.8, 4) is 5.75 Å².